The predicted molar refractivity (Wildman–Crippen MR) is 92.4 cm³/mol. The van der Waals surface area contributed by atoms with Gasteiger partial charge < -0.3 is 14.1 Å². The summed E-state index contributed by atoms with van der Waals surface area (Å²) in [6, 6.07) is 2.95. The van der Waals surface area contributed by atoms with Crippen molar-refractivity contribution in [3.63, 3.8) is 0 Å². The highest BCUT2D eigenvalue weighted by Crippen LogP contribution is 2.36. The molecule has 0 aliphatic carbocycles. The molecule has 2 fully saturated rings. The van der Waals surface area contributed by atoms with Crippen LogP contribution in [0.5, 0.6) is 0 Å². The SMILES string of the molecule is CC(C)(C)OC(=O)N1CCC2(CC1)CC(=O)NN2C(=O)c1ccc(Cl)o1. The van der Waals surface area contributed by atoms with Crippen molar-refractivity contribution in [2.24, 2.45) is 0 Å². The second-order valence-corrected chi connectivity index (χ2v) is 8.02. The number of nitrogens with one attached hydrogen (secondary N) is 1. The fraction of sp³-hybridized carbons (Fsp3) is 0.588. The highest BCUT2D eigenvalue weighted by Gasteiger charge is 2.51. The van der Waals surface area contributed by atoms with E-state index in [2.05, 4.69) is 5.43 Å². The quantitative estimate of drug-likeness (QED) is 0.804. The molecule has 3 rings (SSSR count). The topological polar surface area (TPSA) is 92.1 Å². The fourth-order valence-corrected chi connectivity index (χ4v) is 3.44. The minimum absolute atomic E-state index is 0.0612. The molecule has 9 heteroatoms. The van der Waals surface area contributed by atoms with Crippen LogP contribution in [0.25, 0.3) is 0 Å². The Hall–Kier alpha value is -2.22. The maximum Gasteiger partial charge on any atom is 0.410 e. The number of nitrogens with zero attached hydrogens (tertiary/aromatic N) is 2. The maximum absolute atomic E-state index is 12.7. The zero-order valence-electron chi connectivity index (χ0n) is 15.0. The van der Waals surface area contributed by atoms with Crippen LogP contribution in [0.15, 0.2) is 16.5 Å². The first kappa shape index (κ1) is 18.6. The summed E-state index contributed by atoms with van der Waals surface area (Å²) >= 11 is 5.74. The van der Waals surface area contributed by atoms with E-state index in [4.69, 9.17) is 20.8 Å². The molecule has 0 saturated carbocycles. The smallest absolute Gasteiger partial charge is 0.410 e. The maximum atomic E-state index is 12.7. The van der Waals surface area contributed by atoms with E-state index in [1.807, 2.05) is 20.8 Å². The van der Waals surface area contributed by atoms with Crippen LogP contribution >= 0.6 is 11.6 Å². The van der Waals surface area contributed by atoms with E-state index in [0.29, 0.717) is 25.9 Å². The summed E-state index contributed by atoms with van der Waals surface area (Å²) < 4.78 is 10.6. The van der Waals surface area contributed by atoms with Crippen molar-refractivity contribution in [1.29, 1.82) is 0 Å². The van der Waals surface area contributed by atoms with Crippen LogP contribution in [-0.4, -0.2) is 52.0 Å². The van der Waals surface area contributed by atoms with Gasteiger partial charge in [0.1, 0.15) is 5.60 Å². The van der Waals surface area contributed by atoms with Crippen LogP contribution in [0.2, 0.25) is 5.22 Å². The van der Waals surface area contributed by atoms with Crippen molar-refractivity contribution >= 4 is 29.5 Å². The minimum Gasteiger partial charge on any atom is -0.444 e. The molecule has 0 radical (unpaired) electrons. The molecule has 0 unspecified atom stereocenters. The van der Waals surface area contributed by atoms with Crippen molar-refractivity contribution in [3.8, 4) is 0 Å². The number of hydrazine groups is 1. The molecule has 3 amide bonds. The second kappa shape index (κ2) is 6.50. The van der Waals surface area contributed by atoms with Gasteiger partial charge in [-0.3, -0.25) is 15.0 Å². The molecule has 3 heterocycles. The van der Waals surface area contributed by atoms with Gasteiger partial charge in [-0.05, 0) is 57.3 Å². The number of carbonyl (C=O) groups is 3. The molecule has 1 aromatic rings. The average molecular weight is 384 g/mol. The first-order valence-corrected chi connectivity index (χ1v) is 8.85. The predicted octanol–water partition coefficient (Wildman–Crippen LogP) is 2.58. The lowest BCUT2D eigenvalue weighted by molar-refractivity contribution is -0.120. The molecule has 0 bridgehead atoms. The molecule has 1 spiro atoms. The molecule has 2 aliphatic heterocycles. The lowest BCUT2D eigenvalue weighted by atomic mass is 9.84. The van der Waals surface area contributed by atoms with E-state index in [-0.39, 0.29) is 29.4 Å². The summed E-state index contributed by atoms with van der Waals surface area (Å²) in [6.45, 7) is 6.22. The third-order valence-corrected chi connectivity index (χ3v) is 4.74. The van der Waals surface area contributed by atoms with E-state index in [1.54, 1.807) is 4.90 Å². The Bertz CT molecular complexity index is 731. The summed E-state index contributed by atoms with van der Waals surface area (Å²) in [5.74, 6) is -0.624. The summed E-state index contributed by atoms with van der Waals surface area (Å²) in [7, 11) is 0. The Morgan fingerprint density at radius 3 is 2.46 bits per heavy atom. The van der Waals surface area contributed by atoms with Crippen LogP contribution in [0, 0.1) is 0 Å². The molecule has 8 nitrogen and oxygen atoms in total. The Balaban J connectivity index is 1.72. The van der Waals surface area contributed by atoms with Crippen LogP contribution in [0.4, 0.5) is 4.79 Å². The van der Waals surface area contributed by atoms with Crippen molar-refractivity contribution in [2.45, 2.75) is 51.2 Å². The van der Waals surface area contributed by atoms with Gasteiger partial charge in [0, 0.05) is 13.1 Å². The third-order valence-electron chi connectivity index (χ3n) is 4.53. The van der Waals surface area contributed by atoms with E-state index >= 15 is 0 Å². The number of rotatable bonds is 1. The van der Waals surface area contributed by atoms with Crippen molar-refractivity contribution in [3.05, 3.63) is 23.1 Å². The van der Waals surface area contributed by atoms with Gasteiger partial charge in [-0.25, -0.2) is 9.80 Å². The summed E-state index contributed by atoms with van der Waals surface area (Å²) in [4.78, 5) is 38.6. The Labute approximate surface area is 156 Å². The summed E-state index contributed by atoms with van der Waals surface area (Å²) in [5.41, 5.74) is 1.35. The molecule has 142 valence electrons. The molecule has 26 heavy (non-hydrogen) atoms. The molecule has 2 aliphatic rings. The number of halogens is 1. The van der Waals surface area contributed by atoms with Gasteiger partial charge in [0.25, 0.3) is 0 Å². The van der Waals surface area contributed by atoms with Gasteiger partial charge in [-0.1, -0.05) is 0 Å². The van der Waals surface area contributed by atoms with Crippen molar-refractivity contribution in [1.82, 2.24) is 15.3 Å². The lowest BCUT2D eigenvalue weighted by Gasteiger charge is -2.43. The monoisotopic (exact) mass is 383 g/mol. The molecule has 1 aromatic heterocycles. The molecular weight excluding hydrogens is 362 g/mol. The number of furan rings is 1. The average Bonchev–Trinajstić information content (AvgIpc) is 3.09. The summed E-state index contributed by atoms with van der Waals surface area (Å²) in [5, 5.41) is 1.43. The molecule has 0 atom stereocenters. The highest BCUT2D eigenvalue weighted by molar-refractivity contribution is 6.29. The van der Waals surface area contributed by atoms with Gasteiger partial charge in [0.15, 0.2) is 11.0 Å². The van der Waals surface area contributed by atoms with E-state index in [1.165, 1.54) is 17.1 Å². The van der Waals surface area contributed by atoms with Gasteiger partial charge in [0.2, 0.25) is 5.91 Å². The molecular formula is C17H22ClN3O5. The van der Waals surface area contributed by atoms with Crippen LogP contribution < -0.4 is 5.43 Å². The number of carbonyl (C=O) groups excluding carboxylic acids is 3. The zero-order chi connectivity index (χ0) is 19.1. The van der Waals surface area contributed by atoms with Crippen molar-refractivity contribution < 1.29 is 23.5 Å². The molecule has 2 saturated heterocycles. The van der Waals surface area contributed by atoms with E-state index in [0.717, 1.165) is 0 Å². The fourth-order valence-electron chi connectivity index (χ4n) is 3.30. The highest BCUT2D eigenvalue weighted by atomic mass is 35.5. The Morgan fingerprint density at radius 1 is 1.27 bits per heavy atom. The third kappa shape index (κ3) is 3.65. The Morgan fingerprint density at radius 2 is 1.92 bits per heavy atom. The van der Waals surface area contributed by atoms with Gasteiger partial charge in [-0.2, -0.15) is 0 Å². The number of likely N-dealkylation sites (tertiary alicyclic amines) is 1. The van der Waals surface area contributed by atoms with Crippen LogP contribution in [-0.2, 0) is 9.53 Å². The number of hydrogen-bond donors (Lipinski definition) is 1. The van der Waals surface area contributed by atoms with E-state index in [9.17, 15) is 14.4 Å². The normalized spacial score (nSPS) is 19.6. The molecule has 1 N–H and O–H groups in total. The number of hydrogen-bond acceptors (Lipinski definition) is 5. The second-order valence-electron chi connectivity index (χ2n) is 7.65. The zero-order valence-corrected chi connectivity index (χ0v) is 15.8. The number of piperidine rings is 1. The van der Waals surface area contributed by atoms with Gasteiger partial charge >= 0.3 is 12.0 Å². The minimum atomic E-state index is -0.689. The first-order valence-electron chi connectivity index (χ1n) is 8.47. The standard InChI is InChI=1S/C17H22ClN3O5/c1-16(2,3)26-15(24)20-8-6-17(7-9-20)10-13(22)19-21(17)14(23)11-4-5-12(18)25-11/h4-5H,6-10H2,1-3H3,(H,19,22). The largest absolute Gasteiger partial charge is 0.444 e. The molecule has 0 aromatic carbocycles. The Kier molecular flexibility index (Phi) is 4.64. The van der Waals surface area contributed by atoms with E-state index < -0.39 is 17.0 Å². The van der Waals surface area contributed by atoms with Crippen LogP contribution in [0.3, 0.4) is 0 Å². The summed E-state index contributed by atoms with van der Waals surface area (Å²) in [6.07, 6.45) is 0.728. The number of ether oxygens (including phenoxy) is 1. The lowest BCUT2D eigenvalue weighted by Crippen LogP contribution is -2.57. The van der Waals surface area contributed by atoms with Crippen molar-refractivity contribution in [2.75, 3.05) is 13.1 Å². The van der Waals surface area contributed by atoms with Gasteiger partial charge in [0.05, 0.1) is 12.0 Å². The van der Waals surface area contributed by atoms with Crippen LogP contribution in [0.1, 0.15) is 50.6 Å². The first-order chi connectivity index (χ1) is 12.1. The number of amides is 3. The van der Waals surface area contributed by atoms with Gasteiger partial charge in [-0.15, -0.1) is 0 Å².